The molecule has 4 nitrogen and oxygen atoms in total. The molecule has 1 N–H and O–H groups in total. The van der Waals surface area contributed by atoms with Gasteiger partial charge in [0, 0.05) is 7.11 Å². The summed E-state index contributed by atoms with van der Waals surface area (Å²) in [5.41, 5.74) is 0.576. The number of hydrogen-bond acceptors (Lipinski definition) is 4. The molecule has 1 aromatic rings. The number of nitrogens with one attached hydrogen (secondary N) is 1. The molecule has 2 heterocycles. The van der Waals surface area contributed by atoms with E-state index in [-0.39, 0.29) is 17.7 Å². The Morgan fingerprint density at radius 2 is 2.29 bits per heavy atom. The van der Waals surface area contributed by atoms with Crippen LogP contribution in [0.3, 0.4) is 0 Å². The number of thiophene rings is 1. The van der Waals surface area contributed by atoms with Crippen LogP contribution in [0.4, 0.5) is 0 Å². The Labute approximate surface area is 130 Å². The summed E-state index contributed by atoms with van der Waals surface area (Å²) in [4.78, 5) is 14.9. The van der Waals surface area contributed by atoms with E-state index in [4.69, 9.17) is 4.74 Å². The van der Waals surface area contributed by atoms with Crippen LogP contribution in [0.2, 0.25) is 0 Å². The van der Waals surface area contributed by atoms with Crippen molar-refractivity contribution in [3.05, 3.63) is 22.4 Å². The first-order valence-corrected chi connectivity index (χ1v) is 8.64. The number of methoxy groups -OCH3 is 1. The van der Waals surface area contributed by atoms with Gasteiger partial charge in [-0.3, -0.25) is 10.1 Å². The van der Waals surface area contributed by atoms with E-state index in [9.17, 15) is 4.79 Å². The SMILES string of the molecule is CCC1(C)NC(c2ccsc2)N(CC2(OC)CCC2)C1=O. The summed E-state index contributed by atoms with van der Waals surface area (Å²) in [5.74, 6) is 0.199. The lowest BCUT2D eigenvalue weighted by atomic mass is 9.79. The maximum atomic E-state index is 12.9. The molecule has 2 atom stereocenters. The lowest BCUT2D eigenvalue weighted by Gasteiger charge is -2.44. The first-order chi connectivity index (χ1) is 10.0. The van der Waals surface area contributed by atoms with E-state index in [1.54, 1.807) is 18.4 Å². The van der Waals surface area contributed by atoms with Crippen molar-refractivity contribution in [2.45, 2.75) is 56.8 Å². The van der Waals surface area contributed by atoms with Crippen LogP contribution in [0.5, 0.6) is 0 Å². The molecule has 1 aromatic heterocycles. The van der Waals surface area contributed by atoms with Gasteiger partial charge in [0.2, 0.25) is 5.91 Å². The second kappa shape index (κ2) is 5.38. The third kappa shape index (κ3) is 2.41. The smallest absolute Gasteiger partial charge is 0.244 e. The van der Waals surface area contributed by atoms with Crippen molar-refractivity contribution in [3.8, 4) is 0 Å². The second-order valence-corrected chi connectivity index (χ2v) is 7.24. The summed E-state index contributed by atoms with van der Waals surface area (Å²) in [6.45, 7) is 4.76. The maximum absolute atomic E-state index is 12.9. The number of carbonyl (C=O) groups excluding carboxylic acids is 1. The van der Waals surface area contributed by atoms with Crippen LogP contribution in [0.1, 0.15) is 51.3 Å². The van der Waals surface area contributed by atoms with Gasteiger partial charge in [-0.05, 0) is 55.0 Å². The van der Waals surface area contributed by atoms with E-state index >= 15 is 0 Å². The number of ether oxygens (including phenoxy) is 1. The molecule has 2 aliphatic rings. The molecule has 1 saturated carbocycles. The highest BCUT2D eigenvalue weighted by atomic mass is 32.1. The van der Waals surface area contributed by atoms with Gasteiger partial charge >= 0.3 is 0 Å². The highest BCUT2D eigenvalue weighted by Crippen LogP contribution is 2.40. The Hall–Kier alpha value is -0.910. The minimum absolute atomic E-state index is 0.0266. The van der Waals surface area contributed by atoms with Crippen molar-refractivity contribution in [2.75, 3.05) is 13.7 Å². The minimum Gasteiger partial charge on any atom is -0.376 e. The molecule has 0 aromatic carbocycles. The van der Waals surface area contributed by atoms with Gasteiger partial charge in [0.25, 0.3) is 0 Å². The normalized spacial score (nSPS) is 31.5. The molecule has 2 fully saturated rings. The van der Waals surface area contributed by atoms with Crippen molar-refractivity contribution < 1.29 is 9.53 Å². The highest BCUT2D eigenvalue weighted by molar-refractivity contribution is 7.07. The Morgan fingerprint density at radius 1 is 1.52 bits per heavy atom. The maximum Gasteiger partial charge on any atom is 0.244 e. The summed E-state index contributed by atoms with van der Waals surface area (Å²) in [5, 5.41) is 7.73. The minimum atomic E-state index is -0.467. The van der Waals surface area contributed by atoms with Crippen LogP contribution in [-0.2, 0) is 9.53 Å². The van der Waals surface area contributed by atoms with E-state index in [1.807, 2.05) is 11.8 Å². The molecule has 21 heavy (non-hydrogen) atoms. The zero-order valence-electron chi connectivity index (χ0n) is 13.0. The fourth-order valence-corrected chi connectivity index (χ4v) is 3.97. The monoisotopic (exact) mass is 308 g/mol. The topological polar surface area (TPSA) is 41.6 Å². The fourth-order valence-electron chi connectivity index (χ4n) is 3.29. The van der Waals surface area contributed by atoms with Crippen molar-refractivity contribution >= 4 is 17.2 Å². The van der Waals surface area contributed by atoms with Gasteiger partial charge in [-0.15, -0.1) is 0 Å². The summed E-state index contributed by atoms with van der Waals surface area (Å²) in [7, 11) is 1.77. The van der Waals surface area contributed by atoms with Crippen LogP contribution in [-0.4, -0.2) is 35.6 Å². The standard InChI is InChI=1S/C16H24N2O2S/c1-4-15(2)14(19)18(11-16(20-3)7-5-8-16)13(17-15)12-6-9-21-10-12/h6,9-10,13,17H,4-5,7-8,11H2,1-3H3. The van der Waals surface area contributed by atoms with Gasteiger partial charge in [0.15, 0.2) is 0 Å². The Bertz CT molecular complexity index is 507. The van der Waals surface area contributed by atoms with E-state index in [1.165, 1.54) is 12.0 Å². The first kappa shape index (κ1) is 15.0. The van der Waals surface area contributed by atoms with Crippen LogP contribution in [0.15, 0.2) is 16.8 Å². The van der Waals surface area contributed by atoms with E-state index in [0.717, 1.165) is 19.3 Å². The van der Waals surface area contributed by atoms with Crippen LogP contribution < -0.4 is 5.32 Å². The molecular formula is C16H24N2O2S. The molecule has 0 spiro atoms. The molecule has 5 heteroatoms. The van der Waals surface area contributed by atoms with Crippen LogP contribution in [0, 0.1) is 0 Å². The molecule has 0 bridgehead atoms. The predicted molar refractivity (Wildman–Crippen MR) is 84.2 cm³/mol. The molecular weight excluding hydrogens is 284 g/mol. The number of nitrogens with zero attached hydrogens (tertiary/aromatic N) is 1. The van der Waals surface area contributed by atoms with Crippen molar-refractivity contribution in [1.29, 1.82) is 0 Å². The molecule has 3 rings (SSSR count). The predicted octanol–water partition coefficient (Wildman–Crippen LogP) is 2.92. The number of carbonyl (C=O) groups is 1. The number of hydrogen-bond donors (Lipinski definition) is 1. The summed E-state index contributed by atoms with van der Waals surface area (Å²) >= 11 is 1.67. The highest BCUT2D eigenvalue weighted by Gasteiger charge is 2.51. The molecule has 2 unspecified atom stereocenters. The lowest BCUT2D eigenvalue weighted by Crippen LogP contribution is -2.51. The van der Waals surface area contributed by atoms with Crippen LogP contribution >= 0.6 is 11.3 Å². The van der Waals surface area contributed by atoms with Gasteiger partial charge < -0.3 is 9.64 Å². The fraction of sp³-hybridized carbons (Fsp3) is 0.688. The summed E-state index contributed by atoms with van der Waals surface area (Å²) in [6.07, 6.45) is 4.06. The third-order valence-corrected chi connectivity index (χ3v) is 5.92. The average molecular weight is 308 g/mol. The average Bonchev–Trinajstić information content (AvgIpc) is 3.05. The summed E-state index contributed by atoms with van der Waals surface area (Å²) < 4.78 is 5.73. The van der Waals surface area contributed by atoms with Crippen molar-refractivity contribution in [2.24, 2.45) is 0 Å². The van der Waals surface area contributed by atoms with Crippen LogP contribution in [0.25, 0.3) is 0 Å². The Morgan fingerprint density at radius 3 is 2.76 bits per heavy atom. The zero-order chi connectivity index (χ0) is 15.1. The van der Waals surface area contributed by atoms with Crippen molar-refractivity contribution in [1.82, 2.24) is 10.2 Å². The van der Waals surface area contributed by atoms with Gasteiger partial charge in [-0.2, -0.15) is 11.3 Å². The largest absolute Gasteiger partial charge is 0.376 e. The van der Waals surface area contributed by atoms with Gasteiger partial charge in [-0.25, -0.2) is 0 Å². The van der Waals surface area contributed by atoms with Crippen molar-refractivity contribution in [3.63, 3.8) is 0 Å². The number of amides is 1. The Kier molecular flexibility index (Phi) is 3.84. The van der Waals surface area contributed by atoms with E-state index < -0.39 is 5.54 Å². The third-order valence-electron chi connectivity index (χ3n) is 5.22. The van der Waals surface area contributed by atoms with Gasteiger partial charge in [-0.1, -0.05) is 6.92 Å². The van der Waals surface area contributed by atoms with E-state index in [2.05, 4.69) is 29.1 Å². The number of rotatable bonds is 5. The summed E-state index contributed by atoms with van der Waals surface area (Å²) in [6, 6.07) is 2.10. The first-order valence-electron chi connectivity index (χ1n) is 7.70. The van der Waals surface area contributed by atoms with E-state index in [0.29, 0.717) is 6.54 Å². The van der Waals surface area contributed by atoms with Gasteiger partial charge in [0.05, 0.1) is 17.7 Å². The molecule has 1 amide bonds. The molecule has 1 aliphatic carbocycles. The molecule has 1 saturated heterocycles. The van der Waals surface area contributed by atoms with Gasteiger partial charge in [0.1, 0.15) is 6.17 Å². The molecule has 1 aliphatic heterocycles. The Balaban J connectivity index is 1.88. The quantitative estimate of drug-likeness (QED) is 0.909. The molecule has 0 radical (unpaired) electrons. The second-order valence-electron chi connectivity index (χ2n) is 6.46. The lowest BCUT2D eigenvalue weighted by molar-refractivity contribution is -0.142. The molecule has 116 valence electrons. The zero-order valence-corrected chi connectivity index (χ0v) is 13.8.